The van der Waals surface area contributed by atoms with Crippen LogP contribution in [0.4, 0.5) is 0 Å². The summed E-state index contributed by atoms with van der Waals surface area (Å²) in [6.45, 7) is 4.45. The molecule has 1 aliphatic heterocycles. The highest BCUT2D eigenvalue weighted by Crippen LogP contribution is 2.25. The number of carbonyl (C=O) groups is 2. The van der Waals surface area contributed by atoms with Crippen LogP contribution in [0.3, 0.4) is 0 Å². The Morgan fingerprint density at radius 2 is 1.96 bits per heavy atom. The number of carboxylic acid groups (broad SMARTS) is 1. The molecule has 2 rings (SSSR count). The molecule has 0 aliphatic carbocycles. The largest absolute Gasteiger partial charge is 0.481 e. The number of likely N-dealkylation sites (tertiary alicyclic amines) is 1. The standard InChI is InChI=1S/C17H23NO5S/c1-4-12-5-6-14(24(3,22)23)8-15(12)16(19)18-9-11(2)7-13(10-18)17(20)21/h5-6,8,11,13H,4,7,9-10H2,1-3H3,(H,20,21). The molecule has 0 spiro atoms. The summed E-state index contributed by atoms with van der Waals surface area (Å²) >= 11 is 0. The van der Waals surface area contributed by atoms with Crippen LogP contribution in [0.15, 0.2) is 23.1 Å². The summed E-state index contributed by atoms with van der Waals surface area (Å²) in [7, 11) is -3.41. The number of carbonyl (C=O) groups excluding carboxylic acids is 1. The third-order valence-corrected chi connectivity index (χ3v) is 5.53. The van der Waals surface area contributed by atoms with Gasteiger partial charge in [0.1, 0.15) is 0 Å². The second kappa shape index (κ2) is 6.93. The fourth-order valence-electron chi connectivity index (χ4n) is 3.16. The van der Waals surface area contributed by atoms with Crippen molar-refractivity contribution in [2.45, 2.75) is 31.6 Å². The number of benzene rings is 1. The van der Waals surface area contributed by atoms with E-state index < -0.39 is 21.7 Å². The van der Waals surface area contributed by atoms with E-state index in [0.717, 1.165) is 11.8 Å². The van der Waals surface area contributed by atoms with E-state index in [0.29, 0.717) is 24.9 Å². The summed E-state index contributed by atoms with van der Waals surface area (Å²) in [6.07, 6.45) is 2.24. The minimum absolute atomic E-state index is 0.0898. The summed E-state index contributed by atoms with van der Waals surface area (Å²) in [5.41, 5.74) is 1.11. The van der Waals surface area contributed by atoms with Gasteiger partial charge in [0.25, 0.3) is 5.91 Å². The fourth-order valence-corrected chi connectivity index (χ4v) is 3.81. The maximum Gasteiger partial charge on any atom is 0.308 e. The zero-order valence-electron chi connectivity index (χ0n) is 14.2. The number of nitrogens with zero attached hydrogens (tertiary/aromatic N) is 1. The van der Waals surface area contributed by atoms with E-state index in [1.165, 1.54) is 17.0 Å². The number of amides is 1. The van der Waals surface area contributed by atoms with Crippen molar-refractivity contribution in [2.24, 2.45) is 11.8 Å². The molecule has 7 heteroatoms. The fraction of sp³-hybridized carbons (Fsp3) is 0.529. The number of hydrogen-bond donors (Lipinski definition) is 1. The van der Waals surface area contributed by atoms with Gasteiger partial charge in [0.2, 0.25) is 0 Å². The molecule has 0 saturated carbocycles. The maximum atomic E-state index is 12.9. The molecular weight excluding hydrogens is 330 g/mol. The Hall–Kier alpha value is -1.89. The number of piperidine rings is 1. The Balaban J connectivity index is 2.39. The summed E-state index contributed by atoms with van der Waals surface area (Å²) in [5, 5.41) is 9.26. The van der Waals surface area contributed by atoms with Crippen LogP contribution in [-0.2, 0) is 21.1 Å². The van der Waals surface area contributed by atoms with Crippen LogP contribution >= 0.6 is 0 Å². The van der Waals surface area contributed by atoms with Gasteiger partial charge in [0.15, 0.2) is 9.84 Å². The third kappa shape index (κ3) is 3.95. The van der Waals surface area contributed by atoms with Crippen LogP contribution in [0, 0.1) is 11.8 Å². The summed E-state index contributed by atoms with van der Waals surface area (Å²) < 4.78 is 23.5. The highest BCUT2D eigenvalue weighted by atomic mass is 32.2. The van der Waals surface area contributed by atoms with Gasteiger partial charge in [-0.1, -0.05) is 19.9 Å². The van der Waals surface area contributed by atoms with E-state index in [9.17, 15) is 23.1 Å². The first-order chi connectivity index (χ1) is 11.1. The van der Waals surface area contributed by atoms with Gasteiger partial charge in [-0.05, 0) is 36.5 Å². The molecule has 6 nitrogen and oxygen atoms in total. The summed E-state index contributed by atoms with van der Waals surface area (Å²) in [5.74, 6) is -1.69. The van der Waals surface area contributed by atoms with Gasteiger partial charge in [0, 0.05) is 24.9 Å². The summed E-state index contributed by atoms with van der Waals surface area (Å²) in [6, 6.07) is 4.57. The quantitative estimate of drug-likeness (QED) is 0.892. The zero-order valence-corrected chi connectivity index (χ0v) is 15.0. The molecule has 1 aliphatic rings. The molecule has 132 valence electrons. The first-order valence-corrected chi connectivity index (χ1v) is 9.87. The Bertz CT molecular complexity index is 756. The highest BCUT2D eigenvalue weighted by molar-refractivity contribution is 7.90. The monoisotopic (exact) mass is 353 g/mol. The second-order valence-corrected chi connectivity index (χ2v) is 8.55. The van der Waals surface area contributed by atoms with Gasteiger partial charge in [-0.3, -0.25) is 9.59 Å². The van der Waals surface area contributed by atoms with E-state index >= 15 is 0 Å². The molecule has 1 saturated heterocycles. The Morgan fingerprint density at radius 3 is 2.50 bits per heavy atom. The predicted molar refractivity (Wildman–Crippen MR) is 89.7 cm³/mol. The molecule has 2 unspecified atom stereocenters. The number of sulfone groups is 1. The lowest BCUT2D eigenvalue weighted by Crippen LogP contribution is -2.45. The van der Waals surface area contributed by atoms with E-state index in [4.69, 9.17) is 0 Å². The first kappa shape index (κ1) is 18.4. The molecule has 1 heterocycles. The van der Waals surface area contributed by atoms with Crippen LogP contribution in [0.5, 0.6) is 0 Å². The third-order valence-electron chi connectivity index (χ3n) is 4.42. The molecule has 1 fully saturated rings. The van der Waals surface area contributed by atoms with Crippen molar-refractivity contribution < 1.29 is 23.1 Å². The van der Waals surface area contributed by atoms with Crippen molar-refractivity contribution in [3.8, 4) is 0 Å². The number of rotatable bonds is 4. The SMILES string of the molecule is CCc1ccc(S(C)(=O)=O)cc1C(=O)N1CC(C)CC(C(=O)O)C1. The normalized spacial score (nSPS) is 21.5. The Kier molecular flexibility index (Phi) is 5.32. The van der Waals surface area contributed by atoms with Crippen LogP contribution in [0.1, 0.15) is 36.2 Å². The van der Waals surface area contributed by atoms with Gasteiger partial charge < -0.3 is 10.0 Å². The first-order valence-electron chi connectivity index (χ1n) is 7.98. The Labute approximate surface area is 142 Å². The average molecular weight is 353 g/mol. The molecule has 0 bridgehead atoms. The van der Waals surface area contributed by atoms with Gasteiger partial charge in [-0.2, -0.15) is 0 Å². The minimum atomic E-state index is -3.41. The van der Waals surface area contributed by atoms with Crippen molar-refractivity contribution in [3.63, 3.8) is 0 Å². The number of aryl methyl sites for hydroxylation is 1. The lowest BCUT2D eigenvalue weighted by Gasteiger charge is -2.35. The van der Waals surface area contributed by atoms with Crippen LogP contribution in [0.2, 0.25) is 0 Å². The summed E-state index contributed by atoms with van der Waals surface area (Å²) in [4.78, 5) is 25.8. The van der Waals surface area contributed by atoms with Crippen LogP contribution < -0.4 is 0 Å². The van der Waals surface area contributed by atoms with Crippen LogP contribution in [-0.4, -0.2) is 49.6 Å². The van der Waals surface area contributed by atoms with Crippen molar-refractivity contribution in [1.29, 1.82) is 0 Å². The highest BCUT2D eigenvalue weighted by Gasteiger charge is 2.33. The molecule has 1 aromatic carbocycles. The zero-order chi connectivity index (χ0) is 18.1. The molecule has 0 aromatic heterocycles. The average Bonchev–Trinajstić information content (AvgIpc) is 2.52. The molecule has 1 aromatic rings. The van der Waals surface area contributed by atoms with E-state index in [-0.39, 0.29) is 23.3 Å². The molecule has 1 N–H and O–H groups in total. The van der Waals surface area contributed by atoms with Crippen LogP contribution in [0.25, 0.3) is 0 Å². The molecule has 24 heavy (non-hydrogen) atoms. The van der Waals surface area contributed by atoms with E-state index in [1.54, 1.807) is 6.07 Å². The van der Waals surface area contributed by atoms with Crippen molar-refractivity contribution in [1.82, 2.24) is 4.90 Å². The van der Waals surface area contributed by atoms with Gasteiger partial charge in [0.05, 0.1) is 10.8 Å². The smallest absolute Gasteiger partial charge is 0.308 e. The second-order valence-electron chi connectivity index (χ2n) is 6.53. The minimum Gasteiger partial charge on any atom is -0.481 e. The number of aliphatic carboxylic acids is 1. The molecule has 1 amide bonds. The van der Waals surface area contributed by atoms with Gasteiger partial charge in [-0.25, -0.2) is 8.42 Å². The van der Waals surface area contributed by atoms with Crippen molar-refractivity contribution in [2.75, 3.05) is 19.3 Å². The lowest BCUT2D eigenvalue weighted by atomic mass is 9.90. The lowest BCUT2D eigenvalue weighted by molar-refractivity contribution is -0.143. The number of hydrogen-bond acceptors (Lipinski definition) is 4. The van der Waals surface area contributed by atoms with Crippen molar-refractivity contribution in [3.05, 3.63) is 29.3 Å². The molecule has 2 atom stereocenters. The van der Waals surface area contributed by atoms with Crippen molar-refractivity contribution >= 4 is 21.7 Å². The number of carboxylic acids is 1. The van der Waals surface area contributed by atoms with E-state index in [1.807, 2.05) is 13.8 Å². The Morgan fingerprint density at radius 1 is 1.29 bits per heavy atom. The maximum absolute atomic E-state index is 12.9. The van der Waals surface area contributed by atoms with E-state index in [2.05, 4.69) is 0 Å². The van der Waals surface area contributed by atoms with Gasteiger partial charge >= 0.3 is 5.97 Å². The predicted octanol–water partition coefficient (Wildman–Crippen LogP) is 1.84. The molecular formula is C17H23NO5S. The topological polar surface area (TPSA) is 91.8 Å². The van der Waals surface area contributed by atoms with Gasteiger partial charge in [-0.15, -0.1) is 0 Å². The molecule has 0 radical (unpaired) electrons.